The van der Waals surface area contributed by atoms with Crippen LogP contribution in [0.1, 0.15) is 27.7 Å². The van der Waals surface area contributed by atoms with Crippen LogP contribution in [0.25, 0.3) is 0 Å². The minimum Gasteiger partial charge on any atom is -0.458 e. The van der Waals surface area contributed by atoms with Crippen molar-refractivity contribution in [2.45, 2.75) is 44.9 Å². The van der Waals surface area contributed by atoms with E-state index in [0.29, 0.717) is 0 Å². The van der Waals surface area contributed by atoms with Gasteiger partial charge in [-0.1, -0.05) is 0 Å². The molecule has 5 N–H and O–H groups in total. The standard InChI is InChI=1S/C10H18N2O6/c1-5(13)10(12,6(14)17-8(11)16)7(15)18-9(2,3)4/h5,13H,12H2,1-4H3,(H2,11,16). The first-order chi connectivity index (χ1) is 7.91. The molecule has 0 spiro atoms. The molecule has 2 atom stereocenters. The molecule has 0 aliphatic rings. The van der Waals surface area contributed by atoms with Gasteiger partial charge in [0.25, 0.3) is 0 Å². The summed E-state index contributed by atoms with van der Waals surface area (Å²) in [6.07, 6.45) is -3.06. The average molecular weight is 262 g/mol. The molecule has 8 heteroatoms. The molecule has 1 amide bonds. The fraction of sp³-hybridized carbons (Fsp3) is 0.700. The molecule has 18 heavy (non-hydrogen) atoms. The molecule has 0 saturated carbocycles. The molecular weight excluding hydrogens is 244 g/mol. The number of carbonyl (C=O) groups excluding carboxylic acids is 3. The second-order valence-electron chi connectivity index (χ2n) is 4.76. The summed E-state index contributed by atoms with van der Waals surface area (Å²) in [5, 5.41) is 9.44. The van der Waals surface area contributed by atoms with E-state index in [0.717, 1.165) is 6.92 Å². The van der Waals surface area contributed by atoms with Gasteiger partial charge in [-0.25, -0.2) is 14.4 Å². The minimum atomic E-state index is -2.51. The Hall–Kier alpha value is -1.67. The monoisotopic (exact) mass is 262 g/mol. The number of carbonyl (C=O) groups is 3. The number of aliphatic hydroxyl groups is 1. The lowest BCUT2D eigenvalue weighted by molar-refractivity contribution is -0.174. The van der Waals surface area contributed by atoms with Gasteiger partial charge < -0.3 is 26.0 Å². The Labute approximate surface area is 104 Å². The maximum atomic E-state index is 11.8. The molecule has 2 unspecified atom stereocenters. The van der Waals surface area contributed by atoms with E-state index in [2.05, 4.69) is 10.5 Å². The predicted molar refractivity (Wildman–Crippen MR) is 60.1 cm³/mol. The molecular formula is C10H18N2O6. The van der Waals surface area contributed by atoms with Gasteiger partial charge in [0.15, 0.2) is 0 Å². The maximum absolute atomic E-state index is 11.8. The lowest BCUT2D eigenvalue weighted by atomic mass is 9.94. The Bertz CT molecular complexity index is 360. The van der Waals surface area contributed by atoms with Crippen molar-refractivity contribution >= 4 is 18.0 Å². The number of esters is 2. The summed E-state index contributed by atoms with van der Waals surface area (Å²) < 4.78 is 8.92. The zero-order chi connectivity index (χ0) is 14.7. The third-order valence-electron chi connectivity index (χ3n) is 1.93. The van der Waals surface area contributed by atoms with Crippen molar-refractivity contribution in [1.29, 1.82) is 0 Å². The second-order valence-corrected chi connectivity index (χ2v) is 4.76. The Balaban J connectivity index is 5.21. The van der Waals surface area contributed by atoms with Crippen LogP contribution in [0.4, 0.5) is 4.79 Å². The lowest BCUT2D eigenvalue weighted by Gasteiger charge is -2.30. The number of aliphatic hydroxyl groups excluding tert-OH is 1. The summed E-state index contributed by atoms with van der Waals surface area (Å²) in [5.74, 6) is -2.68. The summed E-state index contributed by atoms with van der Waals surface area (Å²) in [6.45, 7) is 5.73. The highest BCUT2D eigenvalue weighted by Gasteiger charge is 2.51. The van der Waals surface area contributed by atoms with Crippen molar-refractivity contribution in [1.82, 2.24) is 0 Å². The number of hydrogen-bond donors (Lipinski definition) is 3. The van der Waals surface area contributed by atoms with Crippen LogP contribution in [-0.2, 0) is 19.1 Å². The second kappa shape index (κ2) is 5.32. The SMILES string of the molecule is CC(O)C(N)(C(=O)OC(N)=O)C(=O)OC(C)(C)C. The molecule has 0 bridgehead atoms. The first-order valence-corrected chi connectivity index (χ1v) is 5.13. The van der Waals surface area contributed by atoms with E-state index in [1.165, 1.54) is 0 Å². The number of rotatable bonds is 3. The largest absolute Gasteiger partial charge is 0.458 e. The molecule has 104 valence electrons. The van der Waals surface area contributed by atoms with Crippen LogP contribution in [0, 0.1) is 0 Å². The van der Waals surface area contributed by atoms with Crippen LogP contribution < -0.4 is 11.5 Å². The minimum absolute atomic E-state index is 0.927. The predicted octanol–water partition coefficient (Wildman–Crippen LogP) is -0.972. The summed E-state index contributed by atoms with van der Waals surface area (Å²) in [6, 6.07) is 0. The zero-order valence-corrected chi connectivity index (χ0v) is 10.7. The summed E-state index contributed by atoms with van der Waals surface area (Å²) in [5.41, 5.74) is 6.68. The fourth-order valence-electron chi connectivity index (χ4n) is 0.963. The number of nitrogens with two attached hydrogens (primary N) is 2. The van der Waals surface area contributed by atoms with Crippen molar-refractivity contribution in [3.8, 4) is 0 Å². The van der Waals surface area contributed by atoms with Gasteiger partial charge in [-0.05, 0) is 27.7 Å². The molecule has 0 aliphatic heterocycles. The number of hydrogen-bond acceptors (Lipinski definition) is 7. The van der Waals surface area contributed by atoms with Crippen molar-refractivity contribution in [3.05, 3.63) is 0 Å². The first-order valence-electron chi connectivity index (χ1n) is 5.13. The summed E-state index contributed by atoms with van der Waals surface area (Å²) in [7, 11) is 0. The number of primary amides is 1. The normalized spacial score (nSPS) is 16.3. The van der Waals surface area contributed by atoms with Crippen molar-refractivity contribution in [2.24, 2.45) is 11.5 Å². The molecule has 0 aliphatic carbocycles. The average Bonchev–Trinajstić information content (AvgIpc) is 2.11. The Kier molecular flexibility index (Phi) is 4.82. The molecule has 0 fully saturated rings. The van der Waals surface area contributed by atoms with E-state index in [-0.39, 0.29) is 0 Å². The van der Waals surface area contributed by atoms with Crippen molar-refractivity contribution in [3.63, 3.8) is 0 Å². The molecule has 8 nitrogen and oxygen atoms in total. The Morgan fingerprint density at radius 3 is 1.89 bits per heavy atom. The van der Waals surface area contributed by atoms with Crippen LogP contribution in [0.3, 0.4) is 0 Å². The molecule has 0 saturated heterocycles. The highest BCUT2D eigenvalue weighted by molar-refractivity contribution is 6.08. The molecule has 0 aromatic rings. The quantitative estimate of drug-likeness (QED) is 0.438. The number of ether oxygens (including phenoxy) is 2. The van der Waals surface area contributed by atoms with E-state index >= 15 is 0 Å². The molecule has 0 aromatic heterocycles. The molecule has 0 rings (SSSR count). The van der Waals surface area contributed by atoms with E-state index in [1.54, 1.807) is 20.8 Å². The summed E-state index contributed by atoms with van der Waals surface area (Å²) >= 11 is 0. The van der Waals surface area contributed by atoms with Crippen LogP contribution in [0.5, 0.6) is 0 Å². The van der Waals surface area contributed by atoms with Crippen LogP contribution >= 0.6 is 0 Å². The van der Waals surface area contributed by atoms with Gasteiger partial charge in [0, 0.05) is 0 Å². The van der Waals surface area contributed by atoms with E-state index in [4.69, 9.17) is 10.5 Å². The molecule has 0 aromatic carbocycles. The van der Waals surface area contributed by atoms with Gasteiger partial charge in [0.05, 0.1) is 6.10 Å². The third kappa shape index (κ3) is 3.97. The van der Waals surface area contributed by atoms with Crippen LogP contribution in [0.2, 0.25) is 0 Å². The Morgan fingerprint density at radius 2 is 1.61 bits per heavy atom. The van der Waals surface area contributed by atoms with Crippen molar-refractivity contribution < 1.29 is 29.0 Å². The smallest absolute Gasteiger partial charge is 0.412 e. The number of amides is 1. The Morgan fingerprint density at radius 1 is 1.17 bits per heavy atom. The van der Waals surface area contributed by atoms with Gasteiger partial charge in [-0.2, -0.15) is 0 Å². The zero-order valence-electron chi connectivity index (χ0n) is 10.7. The maximum Gasteiger partial charge on any atom is 0.412 e. The van der Waals surface area contributed by atoms with Crippen LogP contribution in [-0.4, -0.2) is 40.4 Å². The van der Waals surface area contributed by atoms with Gasteiger partial charge in [-0.15, -0.1) is 0 Å². The third-order valence-corrected chi connectivity index (χ3v) is 1.93. The van der Waals surface area contributed by atoms with Crippen LogP contribution in [0.15, 0.2) is 0 Å². The first kappa shape index (κ1) is 16.3. The van der Waals surface area contributed by atoms with Crippen molar-refractivity contribution in [2.75, 3.05) is 0 Å². The van der Waals surface area contributed by atoms with E-state index in [1.807, 2.05) is 0 Å². The van der Waals surface area contributed by atoms with Gasteiger partial charge in [-0.3, -0.25) is 0 Å². The molecule has 0 heterocycles. The van der Waals surface area contributed by atoms with Gasteiger partial charge in [0.2, 0.25) is 5.54 Å². The topological polar surface area (TPSA) is 142 Å². The molecule has 0 radical (unpaired) electrons. The highest BCUT2D eigenvalue weighted by atomic mass is 16.6. The van der Waals surface area contributed by atoms with Gasteiger partial charge >= 0.3 is 18.0 Å². The van der Waals surface area contributed by atoms with Gasteiger partial charge in [0.1, 0.15) is 5.60 Å². The van der Waals surface area contributed by atoms with E-state index in [9.17, 15) is 19.5 Å². The summed E-state index contributed by atoms with van der Waals surface area (Å²) in [4.78, 5) is 33.8. The fourth-order valence-corrected chi connectivity index (χ4v) is 0.963. The highest BCUT2D eigenvalue weighted by Crippen LogP contribution is 2.17. The lowest BCUT2D eigenvalue weighted by Crippen LogP contribution is -2.64. The van der Waals surface area contributed by atoms with E-state index < -0.39 is 35.3 Å².